The first kappa shape index (κ1) is 15.1. The lowest BCUT2D eigenvalue weighted by molar-refractivity contribution is 0.0689. The second-order valence-electron chi connectivity index (χ2n) is 4.31. The summed E-state index contributed by atoms with van der Waals surface area (Å²) in [7, 11) is -1.92. The Bertz CT molecular complexity index is 455. The number of rotatable bonds is 5. The molecular formula is C12H17ClFNO2Si. The van der Waals surface area contributed by atoms with E-state index >= 15 is 0 Å². The summed E-state index contributed by atoms with van der Waals surface area (Å²) in [5.74, 6) is -2.10. The average Bonchev–Trinajstić information content (AvgIpc) is 2.36. The zero-order valence-corrected chi connectivity index (χ0v) is 12.5. The molecule has 0 fully saturated rings. The molecule has 1 aromatic rings. The molecule has 6 heteroatoms. The van der Waals surface area contributed by atoms with Crippen LogP contribution in [0, 0.1) is 5.95 Å². The van der Waals surface area contributed by atoms with Gasteiger partial charge in [0.1, 0.15) is 0 Å². The summed E-state index contributed by atoms with van der Waals surface area (Å²) < 4.78 is 13.7. The third-order valence-electron chi connectivity index (χ3n) is 3.74. The Morgan fingerprint density at radius 3 is 2.28 bits per heavy atom. The zero-order chi connectivity index (χ0) is 13.9. The Kier molecular flexibility index (Phi) is 4.87. The Hall–Kier alpha value is -0.943. The maximum absolute atomic E-state index is 13.7. The lowest BCUT2D eigenvalue weighted by atomic mass is 10.3. The van der Waals surface area contributed by atoms with Crippen LogP contribution in [0.25, 0.3) is 0 Å². The lowest BCUT2D eigenvalue weighted by Crippen LogP contribution is -2.47. The quantitative estimate of drug-likeness (QED) is 0.668. The van der Waals surface area contributed by atoms with E-state index in [-0.39, 0.29) is 10.7 Å². The summed E-state index contributed by atoms with van der Waals surface area (Å²) in [4.78, 5) is 14.3. The van der Waals surface area contributed by atoms with Crippen molar-refractivity contribution in [1.29, 1.82) is 0 Å². The summed E-state index contributed by atoms with van der Waals surface area (Å²) in [6, 6.07) is 4.17. The number of aromatic nitrogens is 1. The van der Waals surface area contributed by atoms with Crippen LogP contribution < -0.4 is 5.19 Å². The Morgan fingerprint density at radius 2 is 1.89 bits per heavy atom. The minimum Gasteiger partial charge on any atom is -0.477 e. The van der Waals surface area contributed by atoms with Gasteiger partial charge in [0.25, 0.3) is 0 Å². The van der Waals surface area contributed by atoms with Crippen LogP contribution in [-0.4, -0.2) is 24.1 Å². The van der Waals surface area contributed by atoms with Gasteiger partial charge in [-0.3, -0.25) is 0 Å². The van der Waals surface area contributed by atoms with E-state index in [0.717, 1.165) is 18.1 Å². The monoisotopic (exact) mass is 289 g/mol. The first-order chi connectivity index (χ1) is 8.41. The third kappa shape index (κ3) is 2.57. The van der Waals surface area contributed by atoms with Gasteiger partial charge in [0.15, 0.2) is 5.69 Å². The van der Waals surface area contributed by atoms with Crippen LogP contribution in [0.5, 0.6) is 0 Å². The predicted molar refractivity (Wildman–Crippen MR) is 73.0 cm³/mol. The second kappa shape index (κ2) is 5.80. The molecule has 0 amide bonds. The summed E-state index contributed by atoms with van der Waals surface area (Å²) >= 11 is 5.99. The molecule has 1 N–H and O–H groups in total. The number of aromatic carboxylic acids is 1. The van der Waals surface area contributed by atoms with E-state index in [2.05, 4.69) is 4.98 Å². The Balaban J connectivity index is 3.51. The average molecular weight is 290 g/mol. The number of pyridine rings is 1. The van der Waals surface area contributed by atoms with Crippen molar-refractivity contribution in [1.82, 2.24) is 4.98 Å². The number of halogens is 2. The largest absolute Gasteiger partial charge is 0.477 e. The molecule has 0 unspecified atom stereocenters. The maximum Gasteiger partial charge on any atom is 0.354 e. The van der Waals surface area contributed by atoms with E-state index in [4.69, 9.17) is 16.7 Å². The highest BCUT2D eigenvalue weighted by molar-refractivity contribution is 6.93. The molecule has 0 saturated heterocycles. The van der Waals surface area contributed by atoms with E-state index in [1.165, 1.54) is 6.07 Å². The summed E-state index contributed by atoms with van der Waals surface area (Å²) in [6.45, 7) is 6.15. The van der Waals surface area contributed by atoms with E-state index in [1.54, 1.807) is 0 Å². The highest BCUT2D eigenvalue weighted by Crippen LogP contribution is 2.25. The molecule has 0 aliphatic heterocycles. The van der Waals surface area contributed by atoms with Gasteiger partial charge in [0.2, 0.25) is 5.95 Å². The SMILES string of the molecule is CC[Si](CC)(CC)c1cc(C(=O)O)nc(F)c1Cl. The van der Waals surface area contributed by atoms with E-state index in [0.29, 0.717) is 5.19 Å². The fourth-order valence-corrected chi connectivity index (χ4v) is 6.67. The van der Waals surface area contributed by atoms with Crippen LogP contribution in [0.1, 0.15) is 31.3 Å². The Labute approximate surface area is 112 Å². The molecule has 1 aromatic heterocycles. The van der Waals surface area contributed by atoms with Gasteiger partial charge in [-0.25, -0.2) is 9.78 Å². The number of carboxylic acids is 1. The fraction of sp³-hybridized carbons (Fsp3) is 0.500. The van der Waals surface area contributed by atoms with Gasteiger partial charge >= 0.3 is 5.97 Å². The van der Waals surface area contributed by atoms with E-state index < -0.39 is 20.0 Å². The lowest BCUT2D eigenvalue weighted by Gasteiger charge is -2.29. The number of hydrogen-bond acceptors (Lipinski definition) is 2. The van der Waals surface area contributed by atoms with Crippen molar-refractivity contribution >= 4 is 30.8 Å². The summed E-state index contributed by atoms with van der Waals surface area (Å²) in [6.07, 6.45) is 0. The molecule has 1 rings (SSSR count). The molecule has 0 atom stereocenters. The van der Waals surface area contributed by atoms with Gasteiger partial charge in [0, 0.05) is 0 Å². The molecule has 1 heterocycles. The molecule has 0 radical (unpaired) electrons. The highest BCUT2D eigenvalue weighted by atomic mass is 35.5. The van der Waals surface area contributed by atoms with Crippen molar-refractivity contribution in [3.63, 3.8) is 0 Å². The minimum atomic E-state index is -1.92. The molecule has 0 aliphatic carbocycles. The second-order valence-corrected chi connectivity index (χ2v) is 9.90. The van der Waals surface area contributed by atoms with Crippen LogP contribution >= 0.6 is 11.6 Å². The number of carboxylic acid groups (broad SMARTS) is 1. The van der Waals surface area contributed by atoms with Crippen LogP contribution in [-0.2, 0) is 0 Å². The van der Waals surface area contributed by atoms with Gasteiger partial charge in [-0.15, -0.1) is 0 Å². The van der Waals surface area contributed by atoms with Gasteiger partial charge in [-0.2, -0.15) is 4.39 Å². The first-order valence-corrected chi connectivity index (χ1v) is 9.01. The van der Waals surface area contributed by atoms with Gasteiger partial charge in [0.05, 0.1) is 13.1 Å². The smallest absolute Gasteiger partial charge is 0.354 e. The standard InChI is InChI=1S/C12H17ClFNO2Si/c1-4-18(5-2,6-3)9-7-8(12(16)17)15-11(14)10(9)13/h7H,4-6H2,1-3H3,(H,16,17). The molecular weight excluding hydrogens is 273 g/mol. The van der Waals surface area contributed by atoms with Gasteiger partial charge < -0.3 is 5.11 Å². The molecule has 3 nitrogen and oxygen atoms in total. The molecule has 0 spiro atoms. The van der Waals surface area contributed by atoms with Gasteiger partial charge in [-0.1, -0.05) is 50.5 Å². The van der Waals surface area contributed by atoms with E-state index in [9.17, 15) is 9.18 Å². The third-order valence-corrected chi connectivity index (χ3v) is 9.85. The van der Waals surface area contributed by atoms with Crippen LogP contribution in [0.3, 0.4) is 0 Å². The zero-order valence-electron chi connectivity index (χ0n) is 10.8. The van der Waals surface area contributed by atoms with E-state index in [1.807, 2.05) is 20.8 Å². The molecule has 100 valence electrons. The van der Waals surface area contributed by atoms with Crippen LogP contribution in [0.2, 0.25) is 23.2 Å². The number of hydrogen-bond donors (Lipinski definition) is 1. The summed E-state index contributed by atoms with van der Waals surface area (Å²) in [5, 5.41) is 9.63. The van der Waals surface area contributed by atoms with Crippen LogP contribution in [0.15, 0.2) is 6.07 Å². The fourth-order valence-electron chi connectivity index (χ4n) is 2.32. The topological polar surface area (TPSA) is 50.2 Å². The normalized spacial score (nSPS) is 11.6. The molecule has 0 aliphatic rings. The highest BCUT2D eigenvalue weighted by Gasteiger charge is 2.33. The van der Waals surface area contributed by atoms with Crippen LogP contribution in [0.4, 0.5) is 4.39 Å². The predicted octanol–water partition coefficient (Wildman–Crippen LogP) is 3.29. The van der Waals surface area contributed by atoms with Crippen molar-refractivity contribution in [2.45, 2.75) is 38.9 Å². The van der Waals surface area contributed by atoms with Gasteiger partial charge in [-0.05, 0) is 11.3 Å². The number of carbonyl (C=O) groups is 1. The van der Waals surface area contributed by atoms with Crippen molar-refractivity contribution in [2.24, 2.45) is 0 Å². The first-order valence-electron chi connectivity index (χ1n) is 6.01. The number of nitrogens with zero attached hydrogens (tertiary/aromatic N) is 1. The molecule has 18 heavy (non-hydrogen) atoms. The molecule has 0 aromatic carbocycles. The maximum atomic E-state index is 13.7. The van der Waals surface area contributed by atoms with Crippen molar-refractivity contribution in [3.8, 4) is 0 Å². The summed E-state index contributed by atoms with van der Waals surface area (Å²) in [5.41, 5.74) is -0.265. The molecule has 0 bridgehead atoms. The minimum absolute atomic E-state index is 0.00258. The van der Waals surface area contributed by atoms with Crippen molar-refractivity contribution in [2.75, 3.05) is 0 Å². The molecule has 0 saturated carbocycles. The Morgan fingerprint density at radius 1 is 1.39 bits per heavy atom. The van der Waals surface area contributed by atoms with Crippen molar-refractivity contribution in [3.05, 3.63) is 22.7 Å². The van der Waals surface area contributed by atoms with Crippen molar-refractivity contribution < 1.29 is 14.3 Å².